The maximum Gasteiger partial charge on any atom is 0.268 e. The molecule has 0 spiro atoms. The third-order valence-electron chi connectivity index (χ3n) is 3.22. The van der Waals surface area contributed by atoms with E-state index in [9.17, 15) is 9.59 Å². The summed E-state index contributed by atoms with van der Waals surface area (Å²) in [5, 5.41) is 2.79. The first-order chi connectivity index (χ1) is 9.75. The summed E-state index contributed by atoms with van der Waals surface area (Å²) in [6.45, 7) is 0.634. The molecule has 2 aliphatic rings. The van der Waals surface area contributed by atoms with Crippen LogP contribution in [-0.2, 0) is 9.59 Å². The Balaban J connectivity index is 1.57. The number of hydrogen-bond donors (Lipinski definition) is 1. The van der Waals surface area contributed by atoms with Crippen LogP contribution in [0.25, 0.3) is 0 Å². The van der Waals surface area contributed by atoms with E-state index in [2.05, 4.69) is 5.32 Å². The van der Waals surface area contributed by atoms with Gasteiger partial charge >= 0.3 is 0 Å². The van der Waals surface area contributed by atoms with Crippen LogP contribution in [0.1, 0.15) is 6.42 Å². The van der Waals surface area contributed by atoms with Gasteiger partial charge in [0.05, 0.1) is 0 Å². The average molecular weight is 306 g/mol. The van der Waals surface area contributed by atoms with Crippen molar-refractivity contribution in [2.24, 2.45) is 0 Å². The van der Waals surface area contributed by atoms with E-state index in [0.29, 0.717) is 18.0 Å². The summed E-state index contributed by atoms with van der Waals surface area (Å²) in [6, 6.07) is 9.58. The number of rotatable bonds is 4. The molecule has 2 heterocycles. The first-order valence-corrected chi connectivity index (χ1v) is 8.74. The second-order valence-corrected chi connectivity index (χ2v) is 6.99. The molecule has 1 atom stereocenters. The van der Waals surface area contributed by atoms with Crippen LogP contribution in [-0.4, -0.2) is 35.1 Å². The van der Waals surface area contributed by atoms with Crippen molar-refractivity contribution in [3.05, 3.63) is 42.1 Å². The van der Waals surface area contributed by atoms with E-state index >= 15 is 0 Å². The van der Waals surface area contributed by atoms with E-state index < -0.39 is 6.04 Å². The standard InChI is InChI=1S/C14H14N2O2S2/c17-13-12-7-4-8-16(12)14(18)11(15-13)9-19-20-10-5-2-1-3-6-10/h1-3,5-7,11H,4,8-9H2,(H,15,17)/t11-/m0/s1. The fourth-order valence-corrected chi connectivity index (χ4v) is 4.43. The number of piperazine rings is 1. The summed E-state index contributed by atoms with van der Waals surface area (Å²) in [7, 11) is 3.21. The fourth-order valence-electron chi connectivity index (χ4n) is 2.25. The Labute approximate surface area is 125 Å². The Bertz CT molecular complexity index is 560. The van der Waals surface area contributed by atoms with E-state index in [4.69, 9.17) is 0 Å². The minimum Gasteiger partial charge on any atom is -0.338 e. The molecule has 0 aromatic heterocycles. The summed E-state index contributed by atoms with van der Waals surface area (Å²) < 4.78 is 0. The number of amides is 2. The fraction of sp³-hybridized carbons (Fsp3) is 0.286. The predicted molar refractivity (Wildman–Crippen MR) is 81.1 cm³/mol. The molecule has 1 saturated heterocycles. The van der Waals surface area contributed by atoms with Crippen molar-refractivity contribution in [3.63, 3.8) is 0 Å². The lowest BCUT2D eigenvalue weighted by Gasteiger charge is -2.31. The quantitative estimate of drug-likeness (QED) is 0.865. The number of nitrogens with zero attached hydrogens (tertiary/aromatic N) is 1. The molecule has 6 heteroatoms. The van der Waals surface area contributed by atoms with Gasteiger partial charge in [-0.15, -0.1) is 0 Å². The van der Waals surface area contributed by atoms with Crippen molar-refractivity contribution in [1.82, 2.24) is 10.2 Å². The Kier molecular flexibility index (Phi) is 4.03. The molecule has 4 nitrogen and oxygen atoms in total. The third-order valence-corrected chi connectivity index (χ3v) is 5.61. The molecule has 1 aromatic carbocycles. The van der Waals surface area contributed by atoms with Gasteiger partial charge in [0.15, 0.2) is 0 Å². The molecule has 0 aliphatic carbocycles. The first kappa shape index (κ1) is 13.6. The summed E-state index contributed by atoms with van der Waals surface area (Å²) in [5.41, 5.74) is 0.520. The number of carbonyl (C=O) groups is 2. The molecule has 104 valence electrons. The highest BCUT2D eigenvalue weighted by atomic mass is 33.1. The molecule has 3 rings (SSSR count). The van der Waals surface area contributed by atoms with Gasteiger partial charge in [0.25, 0.3) is 11.8 Å². The van der Waals surface area contributed by atoms with E-state index in [-0.39, 0.29) is 11.8 Å². The Hall–Kier alpha value is -1.40. The smallest absolute Gasteiger partial charge is 0.268 e. The summed E-state index contributed by atoms with van der Waals surface area (Å²) in [6.07, 6.45) is 2.60. The van der Waals surface area contributed by atoms with Crippen LogP contribution < -0.4 is 5.32 Å². The highest BCUT2D eigenvalue weighted by molar-refractivity contribution is 8.76. The van der Waals surface area contributed by atoms with Crippen LogP contribution >= 0.6 is 21.6 Å². The van der Waals surface area contributed by atoms with Crippen molar-refractivity contribution < 1.29 is 9.59 Å². The maximum absolute atomic E-state index is 12.2. The van der Waals surface area contributed by atoms with Gasteiger partial charge in [-0.25, -0.2) is 0 Å². The van der Waals surface area contributed by atoms with Gasteiger partial charge in [-0.1, -0.05) is 45.9 Å². The van der Waals surface area contributed by atoms with Gasteiger partial charge in [-0.05, 0) is 18.6 Å². The van der Waals surface area contributed by atoms with E-state index in [1.165, 1.54) is 0 Å². The monoisotopic (exact) mass is 306 g/mol. The van der Waals surface area contributed by atoms with Crippen LogP contribution in [0.5, 0.6) is 0 Å². The molecule has 2 amide bonds. The molecular formula is C14H14N2O2S2. The predicted octanol–water partition coefficient (Wildman–Crippen LogP) is 2.04. The molecule has 1 fully saturated rings. The van der Waals surface area contributed by atoms with Gasteiger partial charge in [-0.3, -0.25) is 9.59 Å². The third kappa shape index (κ3) is 2.71. The van der Waals surface area contributed by atoms with Gasteiger partial charge < -0.3 is 10.2 Å². The Morgan fingerprint density at radius 3 is 2.85 bits per heavy atom. The SMILES string of the molecule is O=C1N[C@@H](CSSc2ccccc2)C(=O)N2CCC=C12. The van der Waals surface area contributed by atoms with Crippen molar-refractivity contribution in [1.29, 1.82) is 0 Å². The molecular weight excluding hydrogens is 292 g/mol. The molecule has 1 aromatic rings. The lowest BCUT2D eigenvalue weighted by atomic mass is 10.2. The van der Waals surface area contributed by atoms with Crippen LogP contribution in [0.2, 0.25) is 0 Å². The molecule has 0 radical (unpaired) electrons. The van der Waals surface area contributed by atoms with Crippen molar-refractivity contribution in [3.8, 4) is 0 Å². The zero-order valence-electron chi connectivity index (χ0n) is 10.7. The van der Waals surface area contributed by atoms with Crippen LogP contribution in [0, 0.1) is 0 Å². The lowest BCUT2D eigenvalue weighted by Crippen LogP contribution is -2.56. The number of carbonyl (C=O) groups excluding carboxylic acids is 2. The normalized spacial score (nSPS) is 21.5. The zero-order chi connectivity index (χ0) is 13.9. The highest BCUT2D eigenvalue weighted by Crippen LogP contribution is 2.32. The molecule has 1 N–H and O–H groups in total. The van der Waals surface area contributed by atoms with E-state index in [0.717, 1.165) is 11.3 Å². The van der Waals surface area contributed by atoms with Gasteiger partial charge in [-0.2, -0.15) is 0 Å². The van der Waals surface area contributed by atoms with Gasteiger partial charge in [0.2, 0.25) is 0 Å². The summed E-state index contributed by atoms with van der Waals surface area (Å²) >= 11 is 0. The maximum atomic E-state index is 12.2. The second-order valence-electron chi connectivity index (χ2n) is 4.57. The second kappa shape index (κ2) is 5.93. The number of benzene rings is 1. The summed E-state index contributed by atoms with van der Waals surface area (Å²) in [4.78, 5) is 26.9. The molecule has 0 unspecified atom stereocenters. The number of nitrogens with one attached hydrogen (secondary N) is 1. The Morgan fingerprint density at radius 1 is 1.25 bits per heavy atom. The Morgan fingerprint density at radius 2 is 2.05 bits per heavy atom. The van der Waals surface area contributed by atoms with Crippen molar-refractivity contribution in [2.45, 2.75) is 17.4 Å². The zero-order valence-corrected chi connectivity index (χ0v) is 12.4. The van der Waals surface area contributed by atoms with Crippen molar-refractivity contribution in [2.75, 3.05) is 12.3 Å². The molecule has 0 saturated carbocycles. The minimum atomic E-state index is -0.418. The number of fused-ring (bicyclic) bond motifs is 1. The first-order valence-electron chi connectivity index (χ1n) is 6.42. The summed E-state index contributed by atoms with van der Waals surface area (Å²) in [5.74, 6) is 0.459. The average Bonchev–Trinajstić information content (AvgIpc) is 2.95. The van der Waals surface area contributed by atoms with E-state index in [1.807, 2.05) is 36.4 Å². The largest absolute Gasteiger partial charge is 0.338 e. The van der Waals surface area contributed by atoms with Crippen LogP contribution in [0.15, 0.2) is 47.0 Å². The van der Waals surface area contributed by atoms with Crippen molar-refractivity contribution >= 4 is 33.4 Å². The highest BCUT2D eigenvalue weighted by Gasteiger charge is 2.38. The topological polar surface area (TPSA) is 49.4 Å². The van der Waals surface area contributed by atoms with Gasteiger partial charge in [0.1, 0.15) is 11.7 Å². The molecule has 2 aliphatic heterocycles. The number of hydrogen-bond acceptors (Lipinski definition) is 4. The van der Waals surface area contributed by atoms with Crippen LogP contribution in [0.3, 0.4) is 0 Å². The lowest BCUT2D eigenvalue weighted by molar-refractivity contribution is -0.138. The molecule has 20 heavy (non-hydrogen) atoms. The van der Waals surface area contributed by atoms with E-state index in [1.54, 1.807) is 26.5 Å². The molecule has 0 bridgehead atoms. The minimum absolute atomic E-state index is 0.00881. The van der Waals surface area contributed by atoms with Crippen LogP contribution in [0.4, 0.5) is 0 Å². The van der Waals surface area contributed by atoms with Gasteiger partial charge in [0, 0.05) is 17.2 Å².